The molecular formula is C14H21NO. The van der Waals surface area contributed by atoms with Crippen LogP contribution < -0.4 is 5.32 Å². The maximum atomic E-state index is 8.98. The minimum Gasteiger partial charge on any atom is -0.396 e. The average molecular weight is 219 g/mol. The summed E-state index contributed by atoms with van der Waals surface area (Å²) in [7, 11) is 0. The number of hydrogen-bond acceptors (Lipinski definition) is 2. The van der Waals surface area contributed by atoms with Crippen LogP contribution in [0.25, 0.3) is 6.08 Å². The number of rotatable bonds is 6. The molecular weight excluding hydrogens is 198 g/mol. The molecule has 0 saturated heterocycles. The van der Waals surface area contributed by atoms with Crippen LogP contribution in [0, 0.1) is 5.92 Å². The largest absolute Gasteiger partial charge is 0.396 e. The molecule has 88 valence electrons. The summed E-state index contributed by atoms with van der Waals surface area (Å²) in [6.45, 7) is 5.20. The van der Waals surface area contributed by atoms with Gasteiger partial charge in [-0.05, 0) is 18.4 Å². The van der Waals surface area contributed by atoms with Gasteiger partial charge >= 0.3 is 0 Å². The number of benzene rings is 1. The van der Waals surface area contributed by atoms with Gasteiger partial charge in [-0.3, -0.25) is 0 Å². The molecule has 2 unspecified atom stereocenters. The van der Waals surface area contributed by atoms with Crippen LogP contribution in [0.1, 0.15) is 19.4 Å². The van der Waals surface area contributed by atoms with E-state index in [2.05, 4.69) is 36.5 Å². The van der Waals surface area contributed by atoms with E-state index in [9.17, 15) is 0 Å². The molecule has 2 heteroatoms. The van der Waals surface area contributed by atoms with Crippen LogP contribution in [0.4, 0.5) is 0 Å². The fraction of sp³-hybridized carbons (Fsp3) is 0.429. The SMILES string of the molecule is CC(CO)C(C)NC/C=C/c1ccccc1. The predicted molar refractivity (Wildman–Crippen MR) is 69.2 cm³/mol. The van der Waals surface area contributed by atoms with Crippen LogP contribution in [0.5, 0.6) is 0 Å². The van der Waals surface area contributed by atoms with Crippen LogP contribution in [-0.2, 0) is 0 Å². The van der Waals surface area contributed by atoms with Gasteiger partial charge in [0.05, 0.1) is 0 Å². The summed E-state index contributed by atoms with van der Waals surface area (Å²) in [5, 5.41) is 12.3. The zero-order valence-corrected chi connectivity index (χ0v) is 10.1. The first-order valence-corrected chi connectivity index (χ1v) is 5.80. The maximum Gasteiger partial charge on any atom is 0.0471 e. The van der Waals surface area contributed by atoms with Crippen molar-refractivity contribution in [1.29, 1.82) is 0 Å². The van der Waals surface area contributed by atoms with Gasteiger partial charge in [0.2, 0.25) is 0 Å². The average Bonchev–Trinajstić information content (AvgIpc) is 2.34. The monoisotopic (exact) mass is 219 g/mol. The second-order valence-electron chi connectivity index (χ2n) is 4.17. The summed E-state index contributed by atoms with van der Waals surface area (Å²) >= 11 is 0. The third-order valence-corrected chi connectivity index (χ3v) is 2.81. The highest BCUT2D eigenvalue weighted by Crippen LogP contribution is 2.02. The van der Waals surface area contributed by atoms with Crippen molar-refractivity contribution in [2.45, 2.75) is 19.9 Å². The topological polar surface area (TPSA) is 32.3 Å². The molecule has 0 bridgehead atoms. The number of hydrogen-bond donors (Lipinski definition) is 2. The lowest BCUT2D eigenvalue weighted by Gasteiger charge is -2.17. The van der Waals surface area contributed by atoms with E-state index in [1.165, 1.54) is 5.56 Å². The Bertz CT molecular complexity index is 308. The van der Waals surface area contributed by atoms with Crippen molar-refractivity contribution in [2.75, 3.05) is 13.2 Å². The van der Waals surface area contributed by atoms with Crippen LogP contribution in [0.15, 0.2) is 36.4 Å². The third kappa shape index (κ3) is 4.60. The van der Waals surface area contributed by atoms with Crippen molar-refractivity contribution >= 4 is 6.08 Å². The van der Waals surface area contributed by atoms with Gasteiger partial charge in [-0.2, -0.15) is 0 Å². The quantitative estimate of drug-likeness (QED) is 0.769. The van der Waals surface area contributed by atoms with Crippen molar-refractivity contribution in [2.24, 2.45) is 5.92 Å². The number of aliphatic hydroxyl groups excluding tert-OH is 1. The van der Waals surface area contributed by atoms with Gasteiger partial charge in [0.1, 0.15) is 0 Å². The van der Waals surface area contributed by atoms with Gasteiger partial charge < -0.3 is 10.4 Å². The summed E-state index contributed by atoms with van der Waals surface area (Å²) in [6, 6.07) is 10.6. The minimum absolute atomic E-state index is 0.233. The number of aliphatic hydroxyl groups is 1. The predicted octanol–water partition coefficient (Wildman–Crippen LogP) is 2.31. The Balaban J connectivity index is 2.28. The molecule has 0 radical (unpaired) electrons. The highest BCUT2D eigenvalue weighted by molar-refractivity contribution is 5.48. The van der Waals surface area contributed by atoms with E-state index in [4.69, 9.17) is 5.11 Å². The lowest BCUT2D eigenvalue weighted by molar-refractivity contribution is 0.209. The fourth-order valence-corrected chi connectivity index (χ4v) is 1.37. The normalized spacial score (nSPS) is 15.2. The van der Waals surface area contributed by atoms with Crippen molar-refractivity contribution in [1.82, 2.24) is 5.32 Å². The van der Waals surface area contributed by atoms with E-state index >= 15 is 0 Å². The molecule has 0 aliphatic rings. The summed E-state index contributed by atoms with van der Waals surface area (Å²) in [6.07, 6.45) is 4.21. The van der Waals surface area contributed by atoms with Crippen molar-refractivity contribution in [3.63, 3.8) is 0 Å². The van der Waals surface area contributed by atoms with E-state index in [-0.39, 0.29) is 6.61 Å². The third-order valence-electron chi connectivity index (χ3n) is 2.81. The molecule has 0 spiro atoms. The molecule has 1 aromatic carbocycles. The molecule has 0 saturated carbocycles. The van der Waals surface area contributed by atoms with Crippen molar-refractivity contribution in [3.8, 4) is 0 Å². The molecule has 0 heterocycles. The molecule has 0 aliphatic carbocycles. The minimum atomic E-state index is 0.233. The lowest BCUT2D eigenvalue weighted by Crippen LogP contribution is -2.33. The first-order chi connectivity index (χ1) is 7.74. The maximum absolute atomic E-state index is 8.98. The number of nitrogens with one attached hydrogen (secondary N) is 1. The van der Waals surface area contributed by atoms with Gasteiger partial charge in [0.25, 0.3) is 0 Å². The first-order valence-electron chi connectivity index (χ1n) is 5.80. The van der Waals surface area contributed by atoms with E-state index in [0.717, 1.165) is 6.54 Å². The lowest BCUT2D eigenvalue weighted by atomic mass is 10.1. The van der Waals surface area contributed by atoms with E-state index in [0.29, 0.717) is 12.0 Å². The van der Waals surface area contributed by atoms with E-state index in [1.54, 1.807) is 0 Å². The second kappa shape index (κ2) is 7.20. The molecule has 0 aromatic heterocycles. The van der Waals surface area contributed by atoms with Gasteiger partial charge in [-0.15, -0.1) is 0 Å². The van der Waals surface area contributed by atoms with Gasteiger partial charge in [0.15, 0.2) is 0 Å². The van der Waals surface area contributed by atoms with Crippen LogP contribution in [0.3, 0.4) is 0 Å². The molecule has 16 heavy (non-hydrogen) atoms. The van der Waals surface area contributed by atoms with Gasteiger partial charge in [0, 0.05) is 19.2 Å². The Labute approximate surface area is 98.0 Å². The van der Waals surface area contributed by atoms with Gasteiger partial charge in [-0.1, -0.05) is 49.4 Å². The molecule has 2 N–H and O–H groups in total. The van der Waals surface area contributed by atoms with Crippen LogP contribution >= 0.6 is 0 Å². The van der Waals surface area contributed by atoms with Crippen LogP contribution in [-0.4, -0.2) is 24.3 Å². The Morgan fingerprint density at radius 2 is 1.94 bits per heavy atom. The fourth-order valence-electron chi connectivity index (χ4n) is 1.37. The molecule has 1 aromatic rings. The molecule has 0 amide bonds. The summed E-state index contributed by atoms with van der Waals surface area (Å²) < 4.78 is 0. The Morgan fingerprint density at radius 3 is 2.56 bits per heavy atom. The highest BCUT2D eigenvalue weighted by Gasteiger charge is 2.08. The molecule has 0 fully saturated rings. The van der Waals surface area contributed by atoms with Crippen molar-refractivity contribution < 1.29 is 5.11 Å². The zero-order chi connectivity index (χ0) is 11.8. The summed E-state index contributed by atoms with van der Waals surface area (Å²) in [4.78, 5) is 0. The Kier molecular flexibility index (Phi) is 5.83. The Hall–Kier alpha value is -1.12. The van der Waals surface area contributed by atoms with E-state index in [1.807, 2.05) is 25.1 Å². The molecule has 1 rings (SSSR count). The molecule has 0 aliphatic heterocycles. The van der Waals surface area contributed by atoms with Gasteiger partial charge in [-0.25, -0.2) is 0 Å². The molecule has 2 atom stereocenters. The first kappa shape index (κ1) is 12.9. The van der Waals surface area contributed by atoms with E-state index < -0.39 is 0 Å². The highest BCUT2D eigenvalue weighted by atomic mass is 16.3. The smallest absolute Gasteiger partial charge is 0.0471 e. The van der Waals surface area contributed by atoms with Crippen LogP contribution in [0.2, 0.25) is 0 Å². The standard InChI is InChI=1S/C14H21NO/c1-12(11-16)13(2)15-10-6-9-14-7-4-3-5-8-14/h3-9,12-13,15-16H,10-11H2,1-2H3/b9-6+. The zero-order valence-electron chi connectivity index (χ0n) is 10.1. The van der Waals surface area contributed by atoms with Crippen molar-refractivity contribution in [3.05, 3.63) is 42.0 Å². The second-order valence-corrected chi connectivity index (χ2v) is 4.17. The summed E-state index contributed by atoms with van der Waals surface area (Å²) in [5.74, 6) is 0.296. The summed E-state index contributed by atoms with van der Waals surface area (Å²) in [5.41, 5.74) is 1.21. The molecule has 2 nitrogen and oxygen atoms in total. The Morgan fingerprint density at radius 1 is 1.25 bits per heavy atom.